The Hall–Kier alpha value is -2.92. The molecule has 200 valence electrons. The fourth-order valence-electron chi connectivity index (χ4n) is 3.35. The van der Waals surface area contributed by atoms with Gasteiger partial charge in [-0.25, -0.2) is 38.7 Å². The second-order valence-electron chi connectivity index (χ2n) is 8.68. The van der Waals surface area contributed by atoms with Gasteiger partial charge in [0.15, 0.2) is 0 Å². The van der Waals surface area contributed by atoms with Gasteiger partial charge in [-0.2, -0.15) is 0 Å². The van der Waals surface area contributed by atoms with Crippen molar-refractivity contribution in [3.63, 3.8) is 0 Å². The summed E-state index contributed by atoms with van der Waals surface area (Å²) in [6.07, 6.45) is 8.20. The van der Waals surface area contributed by atoms with Gasteiger partial charge < -0.3 is 20.4 Å². The minimum absolute atomic E-state index is 0.852. The van der Waals surface area contributed by atoms with Gasteiger partial charge in [0.2, 0.25) is 0 Å². The Morgan fingerprint density at radius 1 is 0.500 bits per heavy atom. The van der Waals surface area contributed by atoms with Crippen LogP contribution in [-0.4, -0.2) is 45.0 Å². The molecule has 0 saturated heterocycles. The Morgan fingerprint density at radius 2 is 0.706 bits per heavy atom. The third-order valence-electron chi connectivity index (χ3n) is 5.67. The molecular formula is C22H40O12. The first-order chi connectivity index (χ1) is 15.9. The van der Waals surface area contributed by atoms with Crippen LogP contribution in [0.3, 0.4) is 0 Å². The summed E-state index contributed by atoms with van der Waals surface area (Å²) in [5.74, 6) is 3.98. The van der Waals surface area contributed by atoms with E-state index in [-0.39, 0.29) is 0 Å². The maximum absolute atomic E-state index is 9.29. The molecule has 0 unspecified atom stereocenters. The van der Waals surface area contributed by atoms with Gasteiger partial charge in [-0.3, -0.25) is 0 Å². The zero-order valence-electron chi connectivity index (χ0n) is 20.4. The van der Waals surface area contributed by atoms with Crippen molar-refractivity contribution in [1.29, 1.82) is 0 Å². The molecule has 2 rings (SSSR count). The molecule has 0 atom stereocenters. The molecule has 2 aliphatic rings. The lowest BCUT2D eigenvalue weighted by atomic mass is 9.73. The zero-order chi connectivity index (χ0) is 26.5. The summed E-state index contributed by atoms with van der Waals surface area (Å²) in [6, 6.07) is 0. The Bertz CT molecular complexity index is 486. The van der Waals surface area contributed by atoms with Crippen molar-refractivity contribution in [3.05, 3.63) is 0 Å². The van der Waals surface area contributed by atoms with E-state index in [1.165, 1.54) is 38.5 Å². The molecule has 0 heterocycles. The van der Waals surface area contributed by atoms with E-state index in [1.807, 2.05) is 0 Å². The summed E-state index contributed by atoms with van der Waals surface area (Å²) in [7, 11) is 0. The number of carboxylic acid groups (broad SMARTS) is 4. The van der Waals surface area contributed by atoms with Crippen LogP contribution in [0, 0.1) is 23.7 Å². The van der Waals surface area contributed by atoms with Crippen LogP contribution in [0.4, 0.5) is 19.2 Å². The third kappa shape index (κ3) is 23.7. The zero-order valence-corrected chi connectivity index (χ0v) is 20.4. The van der Waals surface area contributed by atoms with Crippen LogP contribution in [0.5, 0.6) is 0 Å². The number of rotatable bonds is 2. The maximum atomic E-state index is 9.29. The molecule has 0 aromatic heterocycles. The SMILES string of the molecule is C1CCC(C2CCCCC2)CC1.CC(C)C(C)C.O=C(O)OOC(=O)O.O=C(O)OOC(=O)O. The standard InChI is InChI=1S/C12H22.C6H14.2C2H2O6/c1-3-7-11(8-4-1)12-9-5-2-6-10-12;1-5(2)6(3)4;2*3-1(4)7-8-2(5)6/h11-12H,1-10H2;5-6H,1-4H3;2*(H,3,4)(H,5,6). The summed E-state index contributed by atoms with van der Waals surface area (Å²) in [5.41, 5.74) is 0. The second kappa shape index (κ2) is 20.7. The van der Waals surface area contributed by atoms with E-state index >= 15 is 0 Å². The Balaban J connectivity index is 0. The summed E-state index contributed by atoms with van der Waals surface area (Å²) in [6.45, 7) is 8.96. The molecule has 2 aliphatic carbocycles. The highest BCUT2D eigenvalue weighted by Crippen LogP contribution is 2.37. The van der Waals surface area contributed by atoms with Crippen molar-refractivity contribution < 1.29 is 59.2 Å². The summed E-state index contributed by atoms with van der Waals surface area (Å²) < 4.78 is 0. The van der Waals surface area contributed by atoms with Crippen LogP contribution in [-0.2, 0) is 19.6 Å². The van der Waals surface area contributed by atoms with Crippen LogP contribution in [0.2, 0.25) is 0 Å². The Labute approximate surface area is 200 Å². The summed E-state index contributed by atoms with van der Waals surface area (Å²) in [5, 5.41) is 30.2. The van der Waals surface area contributed by atoms with Gasteiger partial charge in [0.05, 0.1) is 0 Å². The summed E-state index contributed by atoms with van der Waals surface area (Å²) in [4.78, 5) is 49.7. The first-order valence-electron chi connectivity index (χ1n) is 11.5. The van der Waals surface area contributed by atoms with Gasteiger partial charge in [-0.05, 0) is 23.7 Å². The van der Waals surface area contributed by atoms with E-state index in [4.69, 9.17) is 20.4 Å². The smallest absolute Gasteiger partial charge is 0.447 e. The average molecular weight is 497 g/mol. The highest BCUT2D eigenvalue weighted by molar-refractivity contribution is 5.60. The van der Waals surface area contributed by atoms with Gasteiger partial charge in [0.1, 0.15) is 0 Å². The van der Waals surface area contributed by atoms with Gasteiger partial charge in [0.25, 0.3) is 0 Å². The average Bonchev–Trinajstić information content (AvgIpc) is 2.79. The third-order valence-corrected chi connectivity index (χ3v) is 5.67. The molecule has 34 heavy (non-hydrogen) atoms. The Kier molecular flexibility index (Phi) is 20.2. The topological polar surface area (TPSA) is 186 Å². The fourth-order valence-corrected chi connectivity index (χ4v) is 3.35. The van der Waals surface area contributed by atoms with Crippen LogP contribution >= 0.6 is 0 Å². The van der Waals surface area contributed by atoms with Crippen molar-refractivity contribution in [1.82, 2.24) is 0 Å². The molecule has 0 aromatic rings. The number of hydrogen-bond donors (Lipinski definition) is 4. The lowest BCUT2D eigenvalue weighted by Crippen LogP contribution is -2.20. The van der Waals surface area contributed by atoms with Crippen LogP contribution in [0.15, 0.2) is 0 Å². The molecule has 2 saturated carbocycles. The van der Waals surface area contributed by atoms with Crippen LogP contribution in [0.25, 0.3) is 0 Å². The van der Waals surface area contributed by atoms with E-state index in [0.29, 0.717) is 0 Å². The number of carbonyl (C=O) groups is 4. The van der Waals surface area contributed by atoms with E-state index in [2.05, 4.69) is 47.2 Å². The molecule has 0 aliphatic heterocycles. The number of hydrogen-bond acceptors (Lipinski definition) is 8. The second-order valence-corrected chi connectivity index (χ2v) is 8.68. The van der Waals surface area contributed by atoms with Crippen LogP contribution in [0.1, 0.15) is 91.9 Å². The quantitative estimate of drug-likeness (QED) is 0.226. The van der Waals surface area contributed by atoms with E-state index in [9.17, 15) is 19.2 Å². The van der Waals surface area contributed by atoms with Gasteiger partial charge in [-0.15, -0.1) is 0 Å². The molecule has 4 N–H and O–H groups in total. The monoisotopic (exact) mass is 496 g/mol. The molecule has 0 amide bonds. The van der Waals surface area contributed by atoms with Gasteiger partial charge >= 0.3 is 24.6 Å². The molecule has 12 heteroatoms. The molecule has 12 nitrogen and oxygen atoms in total. The molecule has 2 fully saturated rings. The lowest BCUT2D eigenvalue weighted by molar-refractivity contribution is -0.208. The van der Waals surface area contributed by atoms with Crippen molar-refractivity contribution in [3.8, 4) is 0 Å². The van der Waals surface area contributed by atoms with Crippen LogP contribution < -0.4 is 0 Å². The largest absolute Gasteiger partial charge is 0.547 e. The molecule has 0 aromatic carbocycles. The van der Waals surface area contributed by atoms with E-state index < -0.39 is 24.6 Å². The minimum Gasteiger partial charge on any atom is -0.447 e. The summed E-state index contributed by atoms with van der Waals surface area (Å²) >= 11 is 0. The maximum Gasteiger partial charge on any atom is 0.547 e. The molecule has 0 spiro atoms. The van der Waals surface area contributed by atoms with Crippen molar-refractivity contribution >= 4 is 24.6 Å². The minimum atomic E-state index is -1.80. The molecule has 0 radical (unpaired) electrons. The van der Waals surface area contributed by atoms with E-state index in [0.717, 1.165) is 23.7 Å². The fraction of sp³-hybridized carbons (Fsp3) is 0.818. The predicted molar refractivity (Wildman–Crippen MR) is 119 cm³/mol. The predicted octanol–water partition coefficient (Wildman–Crippen LogP) is 7.03. The first-order valence-corrected chi connectivity index (χ1v) is 11.5. The van der Waals surface area contributed by atoms with Crippen molar-refractivity contribution in [2.45, 2.75) is 91.9 Å². The Morgan fingerprint density at radius 3 is 0.853 bits per heavy atom. The van der Waals surface area contributed by atoms with Crippen molar-refractivity contribution in [2.24, 2.45) is 23.7 Å². The van der Waals surface area contributed by atoms with Gasteiger partial charge in [0, 0.05) is 0 Å². The van der Waals surface area contributed by atoms with Crippen molar-refractivity contribution in [2.75, 3.05) is 0 Å². The van der Waals surface area contributed by atoms with Gasteiger partial charge in [-0.1, -0.05) is 91.9 Å². The first kappa shape index (κ1) is 33.3. The lowest BCUT2D eigenvalue weighted by Gasteiger charge is -2.32. The molecule has 0 bridgehead atoms. The molecular weight excluding hydrogens is 456 g/mol. The normalized spacial score (nSPS) is 15.7. The highest BCUT2D eigenvalue weighted by Gasteiger charge is 2.24. The highest BCUT2D eigenvalue weighted by atomic mass is 17.3. The van der Waals surface area contributed by atoms with E-state index in [1.54, 1.807) is 25.7 Å².